The first-order valence-electron chi connectivity index (χ1n) is 5.72. The molecule has 0 aliphatic heterocycles. The topological polar surface area (TPSA) is 47.6 Å². The molecule has 86 valence electrons. The van der Waals surface area contributed by atoms with E-state index in [0.29, 0.717) is 5.56 Å². The summed E-state index contributed by atoms with van der Waals surface area (Å²) in [5, 5.41) is 17.8. The second kappa shape index (κ2) is 5.17. The summed E-state index contributed by atoms with van der Waals surface area (Å²) in [6, 6.07) is 18.0. The molecule has 0 spiro atoms. The van der Waals surface area contributed by atoms with Crippen molar-refractivity contribution in [2.75, 3.05) is 0 Å². The van der Waals surface area contributed by atoms with Crippen molar-refractivity contribution in [2.45, 2.75) is 13.3 Å². The quantitative estimate of drug-likeness (QED) is 0.794. The van der Waals surface area contributed by atoms with E-state index >= 15 is 0 Å². The SMILES string of the molecule is Cc1ccccc1-c1ccc(CC#N)c(C#N)c1. The van der Waals surface area contributed by atoms with Crippen molar-refractivity contribution in [3.05, 3.63) is 59.2 Å². The summed E-state index contributed by atoms with van der Waals surface area (Å²) in [5.41, 5.74) is 4.69. The normalized spacial score (nSPS) is 9.50. The molecule has 2 aromatic rings. The minimum absolute atomic E-state index is 0.275. The molecule has 0 fully saturated rings. The molecule has 18 heavy (non-hydrogen) atoms. The zero-order valence-corrected chi connectivity index (χ0v) is 10.1. The molecular weight excluding hydrogens is 220 g/mol. The van der Waals surface area contributed by atoms with Crippen molar-refractivity contribution in [3.63, 3.8) is 0 Å². The van der Waals surface area contributed by atoms with Crippen LogP contribution in [0.4, 0.5) is 0 Å². The summed E-state index contributed by atoms with van der Waals surface area (Å²) >= 11 is 0. The number of nitrogens with zero attached hydrogens (tertiary/aromatic N) is 2. The van der Waals surface area contributed by atoms with E-state index in [4.69, 9.17) is 10.5 Å². The third-order valence-electron chi connectivity index (χ3n) is 2.96. The number of hydrogen-bond donors (Lipinski definition) is 0. The minimum atomic E-state index is 0.275. The standard InChI is InChI=1S/C16H12N2/c1-12-4-2-3-5-16(12)14-7-6-13(8-9-17)15(10-14)11-18/h2-7,10H,8H2,1H3. The lowest BCUT2D eigenvalue weighted by molar-refractivity contribution is 1.24. The van der Waals surface area contributed by atoms with Crippen LogP contribution < -0.4 is 0 Å². The van der Waals surface area contributed by atoms with Crippen LogP contribution in [-0.4, -0.2) is 0 Å². The zero-order chi connectivity index (χ0) is 13.0. The van der Waals surface area contributed by atoms with Crippen LogP contribution in [0.25, 0.3) is 11.1 Å². The molecule has 2 aromatic carbocycles. The maximum atomic E-state index is 9.13. The predicted octanol–water partition coefficient (Wildman–Crippen LogP) is 3.60. The summed E-state index contributed by atoms with van der Waals surface area (Å²) < 4.78 is 0. The second-order valence-electron chi connectivity index (χ2n) is 4.13. The second-order valence-corrected chi connectivity index (χ2v) is 4.13. The van der Waals surface area contributed by atoms with Crippen LogP contribution in [0.3, 0.4) is 0 Å². The van der Waals surface area contributed by atoms with Gasteiger partial charge in [0.25, 0.3) is 0 Å². The van der Waals surface area contributed by atoms with Gasteiger partial charge in [-0.3, -0.25) is 0 Å². The van der Waals surface area contributed by atoms with Gasteiger partial charge >= 0.3 is 0 Å². The minimum Gasteiger partial charge on any atom is -0.198 e. The maximum Gasteiger partial charge on any atom is 0.0995 e. The fourth-order valence-electron chi connectivity index (χ4n) is 1.98. The van der Waals surface area contributed by atoms with E-state index < -0.39 is 0 Å². The van der Waals surface area contributed by atoms with Crippen molar-refractivity contribution < 1.29 is 0 Å². The highest BCUT2D eigenvalue weighted by molar-refractivity contribution is 5.69. The maximum absolute atomic E-state index is 9.13. The fraction of sp³-hybridized carbons (Fsp3) is 0.125. The van der Waals surface area contributed by atoms with Crippen molar-refractivity contribution in [1.82, 2.24) is 0 Å². The van der Waals surface area contributed by atoms with E-state index in [9.17, 15) is 0 Å². The smallest absolute Gasteiger partial charge is 0.0995 e. The number of hydrogen-bond acceptors (Lipinski definition) is 2. The average molecular weight is 232 g/mol. The molecule has 2 heteroatoms. The van der Waals surface area contributed by atoms with Crippen molar-refractivity contribution in [3.8, 4) is 23.3 Å². The van der Waals surface area contributed by atoms with Crippen molar-refractivity contribution in [1.29, 1.82) is 10.5 Å². The number of benzene rings is 2. The van der Waals surface area contributed by atoms with E-state index in [0.717, 1.165) is 16.7 Å². The molecule has 0 aliphatic rings. The molecular formula is C16H12N2. The van der Waals surface area contributed by atoms with Gasteiger partial charge in [-0.1, -0.05) is 36.4 Å². The van der Waals surface area contributed by atoms with Crippen LogP contribution in [0.15, 0.2) is 42.5 Å². The fourth-order valence-corrected chi connectivity index (χ4v) is 1.98. The van der Waals surface area contributed by atoms with Crippen molar-refractivity contribution in [2.24, 2.45) is 0 Å². The Labute approximate surface area is 107 Å². The predicted molar refractivity (Wildman–Crippen MR) is 70.6 cm³/mol. The first-order chi connectivity index (χ1) is 8.76. The number of aryl methyl sites for hydroxylation is 1. The Morgan fingerprint density at radius 2 is 1.83 bits per heavy atom. The number of nitriles is 2. The van der Waals surface area contributed by atoms with Gasteiger partial charge in [-0.05, 0) is 35.2 Å². The van der Waals surface area contributed by atoms with E-state index in [-0.39, 0.29) is 6.42 Å². The molecule has 2 rings (SSSR count). The summed E-state index contributed by atoms with van der Waals surface area (Å²) in [6.07, 6.45) is 0.275. The summed E-state index contributed by atoms with van der Waals surface area (Å²) in [4.78, 5) is 0. The monoisotopic (exact) mass is 232 g/mol. The first kappa shape index (κ1) is 11.9. The first-order valence-corrected chi connectivity index (χ1v) is 5.72. The molecule has 0 saturated heterocycles. The van der Waals surface area contributed by atoms with Gasteiger partial charge in [-0.2, -0.15) is 10.5 Å². The highest BCUT2D eigenvalue weighted by Crippen LogP contribution is 2.25. The lowest BCUT2D eigenvalue weighted by atomic mass is 9.96. The van der Waals surface area contributed by atoms with Gasteiger partial charge in [-0.15, -0.1) is 0 Å². The van der Waals surface area contributed by atoms with Crippen LogP contribution in [0.5, 0.6) is 0 Å². The molecule has 2 nitrogen and oxygen atoms in total. The Hall–Kier alpha value is -2.58. The third-order valence-corrected chi connectivity index (χ3v) is 2.96. The Balaban J connectivity index is 2.53. The molecule has 0 aliphatic carbocycles. The van der Waals surface area contributed by atoms with Crippen LogP contribution in [-0.2, 0) is 6.42 Å². The van der Waals surface area contributed by atoms with Crippen LogP contribution in [0.1, 0.15) is 16.7 Å². The Morgan fingerprint density at radius 1 is 1.06 bits per heavy atom. The molecule has 0 heterocycles. The average Bonchev–Trinajstić information content (AvgIpc) is 2.40. The van der Waals surface area contributed by atoms with Crippen LogP contribution in [0, 0.1) is 29.6 Å². The van der Waals surface area contributed by atoms with Gasteiger partial charge in [0.15, 0.2) is 0 Å². The van der Waals surface area contributed by atoms with E-state index in [2.05, 4.69) is 12.1 Å². The van der Waals surface area contributed by atoms with E-state index in [1.54, 1.807) is 0 Å². The number of rotatable bonds is 2. The zero-order valence-electron chi connectivity index (χ0n) is 10.1. The largest absolute Gasteiger partial charge is 0.198 e. The molecule has 0 aromatic heterocycles. The highest BCUT2D eigenvalue weighted by atomic mass is 14.3. The molecule has 0 N–H and O–H groups in total. The Bertz CT molecular complexity index is 658. The highest BCUT2D eigenvalue weighted by Gasteiger charge is 2.06. The lowest BCUT2D eigenvalue weighted by Gasteiger charge is -2.07. The molecule has 0 atom stereocenters. The van der Waals surface area contributed by atoms with Gasteiger partial charge in [0.1, 0.15) is 0 Å². The van der Waals surface area contributed by atoms with Crippen molar-refractivity contribution >= 4 is 0 Å². The van der Waals surface area contributed by atoms with Gasteiger partial charge < -0.3 is 0 Å². The summed E-state index contributed by atoms with van der Waals surface area (Å²) in [6.45, 7) is 2.05. The van der Waals surface area contributed by atoms with E-state index in [1.165, 1.54) is 5.56 Å². The van der Waals surface area contributed by atoms with Gasteiger partial charge in [0, 0.05) is 0 Å². The third kappa shape index (κ3) is 2.24. The molecule has 0 radical (unpaired) electrons. The molecule has 0 saturated carbocycles. The Kier molecular flexibility index (Phi) is 3.41. The lowest BCUT2D eigenvalue weighted by Crippen LogP contribution is -1.90. The van der Waals surface area contributed by atoms with E-state index in [1.807, 2.05) is 49.4 Å². The summed E-state index contributed by atoms with van der Waals surface area (Å²) in [7, 11) is 0. The molecule has 0 bridgehead atoms. The van der Waals surface area contributed by atoms with Gasteiger partial charge in [0.05, 0.1) is 24.1 Å². The summed E-state index contributed by atoms with van der Waals surface area (Å²) in [5.74, 6) is 0. The Morgan fingerprint density at radius 3 is 2.50 bits per heavy atom. The van der Waals surface area contributed by atoms with Gasteiger partial charge in [0.2, 0.25) is 0 Å². The van der Waals surface area contributed by atoms with Crippen LogP contribution >= 0.6 is 0 Å². The molecule has 0 amide bonds. The molecule has 0 unspecified atom stereocenters. The van der Waals surface area contributed by atoms with Crippen LogP contribution in [0.2, 0.25) is 0 Å². The van der Waals surface area contributed by atoms with Gasteiger partial charge in [-0.25, -0.2) is 0 Å².